The molecule has 70 valence electrons. The fourth-order valence-corrected chi connectivity index (χ4v) is 1.15. The van der Waals surface area contributed by atoms with E-state index in [1.54, 1.807) is 26.2 Å². The minimum absolute atomic E-state index is 0.131. The average molecular weight is 179 g/mol. The van der Waals surface area contributed by atoms with E-state index in [0.29, 0.717) is 17.9 Å². The van der Waals surface area contributed by atoms with Crippen molar-refractivity contribution < 1.29 is 9.53 Å². The number of carbonyl (C=O) groups excluding carboxylic acids is 1. The number of anilines is 1. The SMILES string of the molecule is COc1cc(CC(C)=O)ccc1N. The lowest BCUT2D eigenvalue weighted by Gasteiger charge is -2.05. The van der Waals surface area contributed by atoms with Crippen LogP contribution >= 0.6 is 0 Å². The maximum atomic E-state index is 10.8. The van der Waals surface area contributed by atoms with Crippen molar-refractivity contribution in [3.05, 3.63) is 23.8 Å². The zero-order valence-corrected chi connectivity index (χ0v) is 7.83. The van der Waals surface area contributed by atoms with E-state index < -0.39 is 0 Å². The predicted octanol–water partition coefficient (Wildman–Crippen LogP) is 1.41. The molecule has 0 amide bonds. The number of ketones is 1. The third-order valence-corrected chi connectivity index (χ3v) is 1.75. The summed E-state index contributed by atoms with van der Waals surface area (Å²) in [5, 5.41) is 0. The number of methoxy groups -OCH3 is 1. The van der Waals surface area contributed by atoms with Crippen molar-refractivity contribution >= 4 is 11.5 Å². The van der Waals surface area contributed by atoms with Crippen molar-refractivity contribution in [3.63, 3.8) is 0 Å². The Morgan fingerprint density at radius 1 is 1.54 bits per heavy atom. The van der Waals surface area contributed by atoms with E-state index in [9.17, 15) is 4.79 Å². The standard InChI is InChI=1S/C10H13NO2/c1-7(12)5-8-3-4-9(11)10(6-8)13-2/h3-4,6H,5,11H2,1-2H3. The summed E-state index contributed by atoms with van der Waals surface area (Å²) < 4.78 is 5.03. The van der Waals surface area contributed by atoms with Gasteiger partial charge in [-0.3, -0.25) is 4.79 Å². The highest BCUT2D eigenvalue weighted by Gasteiger charge is 2.02. The highest BCUT2D eigenvalue weighted by atomic mass is 16.5. The quantitative estimate of drug-likeness (QED) is 0.714. The molecule has 0 radical (unpaired) electrons. The molecule has 2 N–H and O–H groups in total. The summed E-state index contributed by atoms with van der Waals surface area (Å²) in [6.07, 6.45) is 0.427. The molecule has 1 aromatic rings. The van der Waals surface area contributed by atoms with Gasteiger partial charge in [0.25, 0.3) is 0 Å². The average Bonchev–Trinajstić information content (AvgIpc) is 2.07. The molecule has 0 fully saturated rings. The van der Waals surface area contributed by atoms with Gasteiger partial charge in [-0.15, -0.1) is 0 Å². The number of benzene rings is 1. The van der Waals surface area contributed by atoms with E-state index in [1.807, 2.05) is 6.07 Å². The molecule has 0 saturated heterocycles. The van der Waals surface area contributed by atoms with E-state index in [2.05, 4.69) is 0 Å². The van der Waals surface area contributed by atoms with Crippen LogP contribution in [-0.2, 0) is 11.2 Å². The van der Waals surface area contributed by atoms with Crippen LogP contribution in [0.3, 0.4) is 0 Å². The van der Waals surface area contributed by atoms with Crippen LogP contribution in [0.2, 0.25) is 0 Å². The second kappa shape index (κ2) is 3.94. The topological polar surface area (TPSA) is 52.3 Å². The minimum Gasteiger partial charge on any atom is -0.495 e. The van der Waals surface area contributed by atoms with Gasteiger partial charge in [0.05, 0.1) is 12.8 Å². The molecule has 0 aliphatic rings. The first kappa shape index (κ1) is 9.58. The molecule has 13 heavy (non-hydrogen) atoms. The van der Waals surface area contributed by atoms with E-state index in [4.69, 9.17) is 10.5 Å². The molecule has 0 bridgehead atoms. The van der Waals surface area contributed by atoms with E-state index >= 15 is 0 Å². The summed E-state index contributed by atoms with van der Waals surface area (Å²) in [7, 11) is 1.56. The van der Waals surface area contributed by atoms with Crippen molar-refractivity contribution in [2.24, 2.45) is 0 Å². The number of hydrogen-bond acceptors (Lipinski definition) is 3. The Morgan fingerprint density at radius 3 is 2.77 bits per heavy atom. The van der Waals surface area contributed by atoms with E-state index in [1.165, 1.54) is 0 Å². The second-order valence-corrected chi connectivity index (χ2v) is 2.96. The lowest BCUT2D eigenvalue weighted by atomic mass is 10.1. The van der Waals surface area contributed by atoms with Crippen molar-refractivity contribution in [2.45, 2.75) is 13.3 Å². The molecule has 1 rings (SSSR count). The van der Waals surface area contributed by atoms with Crippen LogP contribution in [0.4, 0.5) is 5.69 Å². The number of ether oxygens (including phenoxy) is 1. The molecule has 0 aromatic heterocycles. The molecular weight excluding hydrogens is 166 g/mol. The summed E-state index contributed by atoms with van der Waals surface area (Å²) in [6, 6.07) is 5.37. The normalized spacial score (nSPS) is 9.69. The van der Waals surface area contributed by atoms with Gasteiger partial charge in [0, 0.05) is 6.42 Å². The van der Waals surface area contributed by atoms with Crippen LogP contribution in [0.25, 0.3) is 0 Å². The lowest BCUT2D eigenvalue weighted by molar-refractivity contribution is -0.116. The Labute approximate surface area is 77.5 Å². The summed E-state index contributed by atoms with van der Waals surface area (Å²) in [5.41, 5.74) is 7.14. The third kappa shape index (κ3) is 2.47. The second-order valence-electron chi connectivity index (χ2n) is 2.96. The van der Waals surface area contributed by atoms with Gasteiger partial charge < -0.3 is 10.5 Å². The summed E-state index contributed by atoms with van der Waals surface area (Å²) in [5.74, 6) is 0.755. The Balaban J connectivity index is 2.92. The van der Waals surface area contributed by atoms with Crippen molar-refractivity contribution in [2.75, 3.05) is 12.8 Å². The molecule has 0 saturated carbocycles. The van der Waals surface area contributed by atoms with Gasteiger partial charge in [-0.25, -0.2) is 0 Å². The summed E-state index contributed by atoms with van der Waals surface area (Å²) >= 11 is 0. The van der Waals surface area contributed by atoms with Crippen molar-refractivity contribution in [1.29, 1.82) is 0 Å². The van der Waals surface area contributed by atoms with Gasteiger partial charge in [-0.1, -0.05) is 6.07 Å². The molecule has 1 aromatic carbocycles. The molecule has 0 spiro atoms. The molecule has 3 nitrogen and oxygen atoms in total. The van der Waals surface area contributed by atoms with Crippen LogP contribution in [0.15, 0.2) is 18.2 Å². The van der Waals surface area contributed by atoms with Gasteiger partial charge in [-0.05, 0) is 24.6 Å². The number of carbonyl (C=O) groups is 1. The zero-order chi connectivity index (χ0) is 9.84. The largest absolute Gasteiger partial charge is 0.495 e. The molecule has 3 heteroatoms. The molecule has 0 unspecified atom stereocenters. The number of nitrogen functional groups attached to an aromatic ring is 1. The highest BCUT2D eigenvalue weighted by Crippen LogP contribution is 2.22. The molecule has 0 aliphatic carbocycles. The van der Waals surface area contributed by atoms with Crippen LogP contribution in [-0.4, -0.2) is 12.9 Å². The van der Waals surface area contributed by atoms with Gasteiger partial charge >= 0.3 is 0 Å². The fraction of sp³-hybridized carbons (Fsp3) is 0.300. The van der Waals surface area contributed by atoms with Crippen molar-refractivity contribution in [3.8, 4) is 5.75 Å². The zero-order valence-electron chi connectivity index (χ0n) is 7.83. The van der Waals surface area contributed by atoms with E-state index in [0.717, 1.165) is 5.56 Å². The Hall–Kier alpha value is -1.51. The molecule has 0 aliphatic heterocycles. The number of nitrogens with two attached hydrogens (primary N) is 1. The minimum atomic E-state index is 0.131. The van der Waals surface area contributed by atoms with Crippen molar-refractivity contribution in [1.82, 2.24) is 0 Å². The van der Waals surface area contributed by atoms with Gasteiger partial charge in [0.15, 0.2) is 0 Å². The number of hydrogen-bond donors (Lipinski definition) is 1. The summed E-state index contributed by atoms with van der Waals surface area (Å²) in [6.45, 7) is 1.56. The third-order valence-electron chi connectivity index (χ3n) is 1.75. The predicted molar refractivity (Wildman–Crippen MR) is 51.8 cm³/mol. The highest BCUT2D eigenvalue weighted by molar-refractivity contribution is 5.78. The molecular formula is C10H13NO2. The Morgan fingerprint density at radius 2 is 2.23 bits per heavy atom. The Kier molecular flexibility index (Phi) is 2.90. The smallest absolute Gasteiger partial charge is 0.142 e. The van der Waals surface area contributed by atoms with Gasteiger partial charge in [0.2, 0.25) is 0 Å². The maximum Gasteiger partial charge on any atom is 0.142 e. The van der Waals surface area contributed by atoms with E-state index in [-0.39, 0.29) is 5.78 Å². The Bertz CT molecular complexity index is 321. The number of Topliss-reactive ketones (excluding diaryl/α,β-unsaturated/α-hetero) is 1. The maximum absolute atomic E-state index is 10.8. The first-order chi connectivity index (χ1) is 6.13. The fourth-order valence-electron chi connectivity index (χ4n) is 1.15. The van der Waals surface area contributed by atoms with Crippen LogP contribution in [0, 0.1) is 0 Å². The first-order valence-corrected chi connectivity index (χ1v) is 4.05. The van der Waals surface area contributed by atoms with Gasteiger partial charge in [0.1, 0.15) is 11.5 Å². The lowest BCUT2D eigenvalue weighted by Crippen LogP contribution is -1.98. The van der Waals surface area contributed by atoms with Gasteiger partial charge in [-0.2, -0.15) is 0 Å². The van der Waals surface area contributed by atoms with Crippen LogP contribution in [0.5, 0.6) is 5.75 Å². The monoisotopic (exact) mass is 179 g/mol. The number of rotatable bonds is 3. The first-order valence-electron chi connectivity index (χ1n) is 4.05. The molecule has 0 heterocycles. The summed E-state index contributed by atoms with van der Waals surface area (Å²) in [4.78, 5) is 10.8. The molecule has 0 atom stereocenters. The van der Waals surface area contributed by atoms with Crippen LogP contribution in [0.1, 0.15) is 12.5 Å². The van der Waals surface area contributed by atoms with Crippen LogP contribution < -0.4 is 10.5 Å².